The Morgan fingerprint density at radius 3 is 2.47 bits per heavy atom. The molecule has 2 aromatic heterocycles. The Hall–Kier alpha value is -4.37. The lowest BCUT2D eigenvalue weighted by Gasteiger charge is -2.10. The van der Waals surface area contributed by atoms with E-state index in [4.69, 9.17) is 9.15 Å². The minimum Gasteiger partial charge on any atom is -0.497 e. The molecule has 1 amide bonds. The summed E-state index contributed by atoms with van der Waals surface area (Å²) in [5, 5.41) is 11.9. The van der Waals surface area contributed by atoms with Crippen LogP contribution in [0.15, 0.2) is 101 Å². The van der Waals surface area contributed by atoms with Gasteiger partial charge in [-0.05, 0) is 66.2 Å². The maximum absolute atomic E-state index is 14.7. The third-order valence-electron chi connectivity index (χ3n) is 5.40. The number of furan rings is 1. The first kappa shape index (κ1) is 23.4. The lowest BCUT2D eigenvalue weighted by atomic mass is 10.1. The zero-order valence-corrected chi connectivity index (χ0v) is 20.0. The van der Waals surface area contributed by atoms with Gasteiger partial charge in [0, 0.05) is 17.0 Å². The van der Waals surface area contributed by atoms with Gasteiger partial charge in [0.05, 0.1) is 19.1 Å². The highest BCUT2D eigenvalue weighted by Crippen LogP contribution is 2.31. The van der Waals surface area contributed by atoms with Gasteiger partial charge in [-0.15, -0.1) is 10.2 Å². The second-order valence-corrected chi connectivity index (χ2v) is 8.68. The quantitative estimate of drug-likeness (QED) is 0.255. The maximum atomic E-state index is 14.7. The van der Waals surface area contributed by atoms with Crippen molar-refractivity contribution in [2.75, 3.05) is 12.4 Å². The zero-order valence-electron chi connectivity index (χ0n) is 19.2. The van der Waals surface area contributed by atoms with Crippen molar-refractivity contribution in [2.24, 2.45) is 0 Å². The van der Waals surface area contributed by atoms with Crippen molar-refractivity contribution in [2.45, 2.75) is 10.9 Å². The summed E-state index contributed by atoms with van der Waals surface area (Å²) in [6.07, 6.45) is 1.54. The van der Waals surface area contributed by atoms with Crippen molar-refractivity contribution >= 4 is 23.4 Å². The van der Waals surface area contributed by atoms with E-state index >= 15 is 0 Å². The molecule has 5 rings (SSSR count). The lowest BCUT2D eigenvalue weighted by Crippen LogP contribution is -2.11. The molecule has 0 saturated heterocycles. The fourth-order valence-corrected chi connectivity index (χ4v) is 4.46. The van der Waals surface area contributed by atoms with Gasteiger partial charge in [0.2, 0.25) is 5.82 Å². The summed E-state index contributed by atoms with van der Waals surface area (Å²) in [5.74, 6) is 1.58. The van der Waals surface area contributed by atoms with Crippen LogP contribution in [0.3, 0.4) is 0 Å². The van der Waals surface area contributed by atoms with Crippen LogP contribution in [0.1, 0.15) is 15.9 Å². The van der Waals surface area contributed by atoms with E-state index in [2.05, 4.69) is 15.5 Å². The molecule has 0 aliphatic heterocycles. The van der Waals surface area contributed by atoms with Crippen LogP contribution in [0.2, 0.25) is 0 Å². The number of rotatable bonds is 8. The molecule has 36 heavy (non-hydrogen) atoms. The van der Waals surface area contributed by atoms with Gasteiger partial charge in [-0.25, -0.2) is 4.39 Å². The van der Waals surface area contributed by atoms with Gasteiger partial charge in [-0.3, -0.25) is 9.36 Å². The molecule has 0 fully saturated rings. The molecule has 9 heteroatoms. The number of methoxy groups -OCH3 is 1. The van der Waals surface area contributed by atoms with E-state index < -0.39 is 0 Å². The molecule has 0 unspecified atom stereocenters. The van der Waals surface area contributed by atoms with E-state index in [0.29, 0.717) is 39.4 Å². The minimum absolute atomic E-state index is 0.207. The fraction of sp³-hybridized carbons (Fsp3) is 0.0741. The SMILES string of the molecule is COc1ccc(NC(=O)c2ccc(CSc3nnc(-c4ccco4)n3-c3ccccc3F)cc2)cc1. The normalized spacial score (nSPS) is 10.8. The molecule has 3 aromatic carbocycles. The number of para-hydroxylation sites is 1. The molecule has 0 aliphatic rings. The average molecular weight is 501 g/mol. The van der Waals surface area contributed by atoms with E-state index in [1.807, 2.05) is 12.1 Å². The summed E-state index contributed by atoms with van der Waals surface area (Å²) >= 11 is 1.41. The highest BCUT2D eigenvalue weighted by Gasteiger charge is 2.20. The van der Waals surface area contributed by atoms with Crippen molar-refractivity contribution in [3.63, 3.8) is 0 Å². The number of carbonyl (C=O) groups is 1. The summed E-state index contributed by atoms with van der Waals surface area (Å²) in [6.45, 7) is 0. The number of ether oxygens (including phenoxy) is 1. The lowest BCUT2D eigenvalue weighted by molar-refractivity contribution is 0.102. The highest BCUT2D eigenvalue weighted by atomic mass is 32.2. The molecule has 0 atom stereocenters. The molecule has 0 bridgehead atoms. The highest BCUT2D eigenvalue weighted by molar-refractivity contribution is 7.98. The van der Waals surface area contributed by atoms with Crippen LogP contribution in [0.4, 0.5) is 10.1 Å². The van der Waals surface area contributed by atoms with Crippen LogP contribution in [0.5, 0.6) is 5.75 Å². The number of hydrogen-bond donors (Lipinski definition) is 1. The van der Waals surface area contributed by atoms with E-state index in [9.17, 15) is 9.18 Å². The van der Waals surface area contributed by atoms with Crippen molar-refractivity contribution in [1.29, 1.82) is 0 Å². The Labute approximate surface area is 210 Å². The number of benzene rings is 3. The second-order valence-electron chi connectivity index (χ2n) is 7.74. The third-order valence-corrected chi connectivity index (χ3v) is 6.40. The molecular formula is C27H21FN4O3S. The number of amides is 1. The van der Waals surface area contributed by atoms with Gasteiger partial charge < -0.3 is 14.5 Å². The molecular weight excluding hydrogens is 479 g/mol. The second kappa shape index (κ2) is 10.5. The topological polar surface area (TPSA) is 82.2 Å². The molecule has 2 heterocycles. The minimum atomic E-state index is -0.390. The zero-order chi connectivity index (χ0) is 24.9. The number of hydrogen-bond acceptors (Lipinski definition) is 6. The van der Waals surface area contributed by atoms with Gasteiger partial charge in [-0.2, -0.15) is 0 Å². The van der Waals surface area contributed by atoms with Crippen LogP contribution >= 0.6 is 11.8 Å². The van der Waals surface area contributed by atoms with Crippen molar-refractivity contribution in [1.82, 2.24) is 14.8 Å². The number of halogens is 1. The van der Waals surface area contributed by atoms with E-state index in [0.717, 1.165) is 11.3 Å². The van der Waals surface area contributed by atoms with E-state index in [1.54, 1.807) is 78.4 Å². The fourth-order valence-electron chi connectivity index (χ4n) is 3.56. The van der Waals surface area contributed by atoms with E-state index in [-0.39, 0.29) is 11.7 Å². The van der Waals surface area contributed by atoms with Gasteiger partial charge in [-0.1, -0.05) is 36.0 Å². The summed E-state index contributed by atoms with van der Waals surface area (Å²) in [7, 11) is 1.59. The Morgan fingerprint density at radius 2 is 1.78 bits per heavy atom. The predicted molar refractivity (Wildman–Crippen MR) is 136 cm³/mol. The van der Waals surface area contributed by atoms with Gasteiger partial charge in [0.25, 0.3) is 5.91 Å². The predicted octanol–water partition coefficient (Wildman–Crippen LogP) is 6.22. The largest absolute Gasteiger partial charge is 0.497 e. The van der Waals surface area contributed by atoms with Gasteiger partial charge in [0.1, 0.15) is 11.6 Å². The van der Waals surface area contributed by atoms with Crippen LogP contribution in [-0.4, -0.2) is 27.8 Å². The third kappa shape index (κ3) is 5.01. The van der Waals surface area contributed by atoms with E-state index in [1.165, 1.54) is 24.1 Å². The molecule has 7 nitrogen and oxygen atoms in total. The van der Waals surface area contributed by atoms with Crippen molar-refractivity contribution in [3.05, 3.63) is 108 Å². The van der Waals surface area contributed by atoms with Crippen LogP contribution in [-0.2, 0) is 5.75 Å². The first-order valence-corrected chi connectivity index (χ1v) is 12.0. The standard InChI is InChI=1S/C27H21FN4O3S/c1-34-21-14-12-20(13-15-21)29-26(33)19-10-8-18(9-11-19)17-36-27-31-30-25(24-7-4-16-35-24)32(27)23-6-3-2-5-22(23)28/h2-16H,17H2,1H3,(H,29,33). The molecule has 180 valence electrons. The smallest absolute Gasteiger partial charge is 0.255 e. The van der Waals surface area contributed by atoms with Gasteiger partial charge >= 0.3 is 0 Å². The molecule has 5 aromatic rings. The molecule has 1 N–H and O–H groups in total. The van der Waals surface area contributed by atoms with Crippen LogP contribution < -0.4 is 10.1 Å². The number of thioether (sulfide) groups is 1. The monoisotopic (exact) mass is 500 g/mol. The first-order valence-electron chi connectivity index (χ1n) is 11.0. The number of nitrogens with one attached hydrogen (secondary N) is 1. The van der Waals surface area contributed by atoms with Gasteiger partial charge in [0.15, 0.2) is 10.9 Å². The maximum Gasteiger partial charge on any atom is 0.255 e. The molecule has 0 radical (unpaired) electrons. The molecule has 0 saturated carbocycles. The van der Waals surface area contributed by atoms with Crippen LogP contribution in [0.25, 0.3) is 17.3 Å². The Balaban J connectivity index is 1.31. The van der Waals surface area contributed by atoms with Crippen molar-refractivity contribution in [3.8, 4) is 23.0 Å². The summed E-state index contributed by atoms with van der Waals surface area (Å²) in [4.78, 5) is 12.6. The first-order chi connectivity index (χ1) is 17.6. The summed E-state index contributed by atoms with van der Waals surface area (Å²) in [5.41, 5.74) is 2.53. The Bertz CT molecular complexity index is 1470. The number of aromatic nitrogens is 3. The number of anilines is 1. The number of carbonyl (C=O) groups excluding carboxylic acids is 1. The summed E-state index contributed by atoms with van der Waals surface area (Å²) < 4.78 is 26.9. The average Bonchev–Trinajstić information content (AvgIpc) is 3.59. The molecule has 0 spiro atoms. The molecule has 0 aliphatic carbocycles. The Kier molecular flexibility index (Phi) is 6.81. The van der Waals surface area contributed by atoms with Crippen LogP contribution in [0, 0.1) is 5.82 Å². The Morgan fingerprint density at radius 1 is 1.00 bits per heavy atom. The number of nitrogens with zero attached hydrogens (tertiary/aromatic N) is 3. The summed E-state index contributed by atoms with van der Waals surface area (Å²) in [6, 6.07) is 24.4. The van der Waals surface area contributed by atoms with Crippen molar-refractivity contribution < 1.29 is 18.3 Å².